The number of hydrogen-bond donors (Lipinski definition) is 1. The molecule has 1 aliphatic heterocycles. The van der Waals surface area contributed by atoms with Gasteiger partial charge in [0, 0.05) is 25.6 Å². The number of likely N-dealkylation sites (tertiary alicyclic amines) is 1. The smallest absolute Gasteiger partial charge is 0.222 e. The summed E-state index contributed by atoms with van der Waals surface area (Å²) in [7, 11) is 0. The Hall–Kier alpha value is -0.570. The van der Waals surface area contributed by atoms with Gasteiger partial charge in [-0.2, -0.15) is 0 Å². The number of nitrogens with zero attached hydrogens (tertiary/aromatic N) is 1. The predicted molar refractivity (Wildman–Crippen MR) is 53.2 cm³/mol. The Labute approximate surface area is 80.3 Å². The van der Waals surface area contributed by atoms with E-state index in [1.807, 2.05) is 4.90 Å². The maximum Gasteiger partial charge on any atom is 0.222 e. The highest BCUT2D eigenvalue weighted by atomic mass is 16.2. The first-order valence-electron chi connectivity index (χ1n) is 5.18. The average molecular weight is 184 g/mol. The Morgan fingerprint density at radius 1 is 1.62 bits per heavy atom. The summed E-state index contributed by atoms with van der Waals surface area (Å²) < 4.78 is 0. The summed E-state index contributed by atoms with van der Waals surface area (Å²) in [4.78, 5) is 13.4. The van der Waals surface area contributed by atoms with Crippen LogP contribution in [0.15, 0.2) is 0 Å². The quantitative estimate of drug-likeness (QED) is 0.710. The number of piperidine rings is 1. The standard InChI is InChI=1S/C10H20N2O/c1-3-4-5-12-7-9(11)8(2)6-10(12)13/h8-9H,3-7,11H2,1-2H3. The molecule has 1 amide bonds. The Morgan fingerprint density at radius 3 is 2.92 bits per heavy atom. The van der Waals surface area contributed by atoms with Crippen LogP contribution >= 0.6 is 0 Å². The van der Waals surface area contributed by atoms with Crippen molar-refractivity contribution < 1.29 is 4.79 Å². The lowest BCUT2D eigenvalue weighted by molar-refractivity contribution is -0.135. The molecule has 0 aromatic carbocycles. The highest BCUT2D eigenvalue weighted by molar-refractivity contribution is 5.77. The second kappa shape index (κ2) is 4.61. The third-order valence-corrected chi connectivity index (χ3v) is 2.79. The van der Waals surface area contributed by atoms with Gasteiger partial charge in [-0.1, -0.05) is 20.3 Å². The Kier molecular flexibility index (Phi) is 3.72. The van der Waals surface area contributed by atoms with Crippen LogP contribution in [0.5, 0.6) is 0 Å². The van der Waals surface area contributed by atoms with Gasteiger partial charge in [-0.15, -0.1) is 0 Å². The van der Waals surface area contributed by atoms with Crippen molar-refractivity contribution >= 4 is 5.91 Å². The van der Waals surface area contributed by atoms with Crippen LogP contribution in [0.4, 0.5) is 0 Å². The Bertz CT molecular complexity index is 182. The van der Waals surface area contributed by atoms with Crippen molar-refractivity contribution in [3.63, 3.8) is 0 Å². The molecule has 1 aliphatic rings. The first kappa shape index (κ1) is 10.5. The molecule has 13 heavy (non-hydrogen) atoms. The predicted octanol–water partition coefficient (Wildman–Crippen LogP) is 0.982. The zero-order valence-electron chi connectivity index (χ0n) is 8.62. The summed E-state index contributed by atoms with van der Waals surface area (Å²) >= 11 is 0. The molecule has 2 N–H and O–H groups in total. The van der Waals surface area contributed by atoms with Gasteiger partial charge >= 0.3 is 0 Å². The summed E-state index contributed by atoms with van der Waals surface area (Å²) in [5.74, 6) is 0.632. The summed E-state index contributed by atoms with van der Waals surface area (Å²) in [5, 5.41) is 0. The van der Waals surface area contributed by atoms with Crippen LogP contribution in [-0.2, 0) is 4.79 Å². The molecule has 1 saturated heterocycles. The third kappa shape index (κ3) is 2.69. The van der Waals surface area contributed by atoms with E-state index in [2.05, 4.69) is 13.8 Å². The molecule has 0 aromatic rings. The van der Waals surface area contributed by atoms with Crippen LogP contribution in [0.3, 0.4) is 0 Å². The maximum atomic E-state index is 11.5. The largest absolute Gasteiger partial charge is 0.341 e. The van der Waals surface area contributed by atoms with Crippen LogP contribution in [0.1, 0.15) is 33.1 Å². The van der Waals surface area contributed by atoms with Gasteiger partial charge in [0.1, 0.15) is 0 Å². The third-order valence-electron chi connectivity index (χ3n) is 2.79. The number of carbonyl (C=O) groups is 1. The van der Waals surface area contributed by atoms with E-state index >= 15 is 0 Å². The minimum absolute atomic E-state index is 0.176. The van der Waals surface area contributed by atoms with Gasteiger partial charge < -0.3 is 10.6 Å². The van der Waals surface area contributed by atoms with Gasteiger partial charge in [-0.05, 0) is 12.3 Å². The minimum atomic E-state index is 0.176. The summed E-state index contributed by atoms with van der Waals surface area (Å²) in [6.45, 7) is 5.83. The van der Waals surface area contributed by atoms with Crippen molar-refractivity contribution in [2.24, 2.45) is 11.7 Å². The topological polar surface area (TPSA) is 46.3 Å². The van der Waals surface area contributed by atoms with Gasteiger partial charge in [0.2, 0.25) is 5.91 Å². The number of amides is 1. The molecule has 76 valence electrons. The van der Waals surface area contributed by atoms with Crippen LogP contribution in [0, 0.1) is 5.92 Å². The van der Waals surface area contributed by atoms with Crippen molar-refractivity contribution in [1.82, 2.24) is 4.90 Å². The van der Waals surface area contributed by atoms with E-state index in [0.717, 1.165) is 25.9 Å². The number of rotatable bonds is 3. The van der Waals surface area contributed by atoms with Crippen molar-refractivity contribution in [3.05, 3.63) is 0 Å². The molecule has 1 rings (SSSR count). The molecule has 3 nitrogen and oxygen atoms in total. The monoisotopic (exact) mass is 184 g/mol. The zero-order chi connectivity index (χ0) is 9.84. The number of unbranched alkanes of at least 4 members (excludes halogenated alkanes) is 1. The molecule has 2 unspecified atom stereocenters. The molecular weight excluding hydrogens is 164 g/mol. The summed E-state index contributed by atoms with van der Waals surface area (Å²) in [6.07, 6.45) is 2.85. The second-order valence-electron chi connectivity index (χ2n) is 4.04. The van der Waals surface area contributed by atoms with E-state index in [1.165, 1.54) is 0 Å². The molecule has 0 radical (unpaired) electrons. The highest BCUT2D eigenvalue weighted by Gasteiger charge is 2.28. The molecule has 1 heterocycles. The normalized spacial score (nSPS) is 29.5. The number of carbonyl (C=O) groups excluding carboxylic acids is 1. The lowest BCUT2D eigenvalue weighted by Crippen LogP contribution is -2.50. The second-order valence-corrected chi connectivity index (χ2v) is 4.04. The fourth-order valence-corrected chi connectivity index (χ4v) is 1.66. The molecule has 3 heteroatoms. The van der Waals surface area contributed by atoms with Gasteiger partial charge in [0.25, 0.3) is 0 Å². The fraction of sp³-hybridized carbons (Fsp3) is 0.900. The number of hydrogen-bond acceptors (Lipinski definition) is 2. The zero-order valence-corrected chi connectivity index (χ0v) is 8.62. The lowest BCUT2D eigenvalue weighted by atomic mass is 9.93. The lowest BCUT2D eigenvalue weighted by Gasteiger charge is -2.34. The maximum absolute atomic E-state index is 11.5. The average Bonchev–Trinajstić information content (AvgIpc) is 2.09. The highest BCUT2D eigenvalue weighted by Crippen LogP contribution is 2.16. The van der Waals surface area contributed by atoms with E-state index in [1.54, 1.807) is 0 Å². The van der Waals surface area contributed by atoms with E-state index in [9.17, 15) is 4.79 Å². The first-order valence-corrected chi connectivity index (χ1v) is 5.18. The molecule has 0 saturated carbocycles. The van der Waals surface area contributed by atoms with Crippen molar-refractivity contribution in [3.8, 4) is 0 Å². The summed E-state index contributed by atoms with van der Waals surface area (Å²) in [5.41, 5.74) is 5.91. The van der Waals surface area contributed by atoms with E-state index in [-0.39, 0.29) is 11.9 Å². The van der Waals surface area contributed by atoms with Crippen LogP contribution in [-0.4, -0.2) is 29.9 Å². The fourth-order valence-electron chi connectivity index (χ4n) is 1.66. The number of nitrogens with two attached hydrogens (primary N) is 1. The molecule has 0 aliphatic carbocycles. The summed E-state index contributed by atoms with van der Waals surface area (Å²) in [6, 6.07) is 0.176. The van der Waals surface area contributed by atoms with E-state index in [4.69, 9.17) is 5.73 Å². The van der Waals surface area contributed by atoms with Crippen molar-refractivity contribution in [2.75, 3.05) is 13.1 Å². The van der Waals surface area contributed by atoms with Gasteiger partial charge in [-0.3, -0.25) is 4.79 Å². The van der Waals surface area contributed by atoms with Crippen LogP contribution < -0.4 is 5.73 Å². The van der Waals surface area contributed by atoms with Gasteiger partial charge in [-0.25, -0.2) is 0 Å². The molecule has 0 spiro atoms. The van der Waals surface area contributed by atoms with E-state index in [0.29, 0.717) is 12.3 Å². The first-order chi connectivity index (χ1) is 6.15. The molecule has 0 aromatic heterocycles. The molecular formula is C10H20N2O. The van der Waals surface area contributed by atoms with Crippen LogP contribution in [0.2, 0.25) is 0 Å². The van der Waals surface area contributed by atoms with Gasteiger partial charge in [0.05, 0.1) is 0 Å². The molecule has 1 fully saturated rings. The SMILES string of the molecule is CCCCN1CC(N)C(C)CC1=O. The van der Waals surface area contributed by atoms with Crippen molar-refractivity contribution in [1.29, 1.82) is 0 Å². The van der Waals surface area contributed by atoms with Crippen LogP contribution in [0.25, 0.3) is 0 Å². The van der Waals surface area contributed by atoms with Gasteiger partial charge in [0.15, 0.2) is 0 Å². The minimum Gasteiger partial charge on any atom is -0.341 e. The van der Waals surface area contributed by atoms with E-state index < -0.39 is 0 Å². The Morgan fingerprint density at radius 2 is 2.31 bits per heavy atom. The Balaban J connectivity index is 2.42. The molecule has 0 bridgehead atoms. The van der Waals surface area contributed by atoms with Crippen molar-refractivity contribution in [2.45, 2.75) is 39.2 Å². The molecule has 2 atom stereocenters.